The van der Waals surface area contributed by atoms with E-state index in [-0.39, 0.29) is 0 Å². The maximum absolute atomic E-state index is 5.39. The smallest absolute Gasteiger partial charge is 0.147 e. The Morgan fingerprint density at radius 3 is 2.43 bits per heavy atom. The first-order chi connectivity index (χ1) is 6.60. The van der Waals surface area contributed by atoms with E-state index in [0.29, 0.717) is 11.7 Å². The van der Waals surface area contributed by atoms with Crippen LogP contribution in [0.15, 0.2) is 5.03 Å². The van der Waals surface area contributed by atoms with Gasteiger partial charge in [-0.05, 0) is 13.2 Å². The summed E-state index contributed by atoms with van der Waals surface area (Å²) in [7, 11) is 0. The maximum Gasteiger partial charge on any atom is 0.147 e. The minimum atomic E-state index is 0.314. The Morgan fingerprint density at radius 2 is 2.00 bits per heavy atom. The van der Waals surface area contributed by atoms with Crippen LogP contribution in [0, 0.1) is 6.92 Å². The Kier molecular flexibility index (Phi) is 3.71. The molecule has 14 heavy (non-hydrogen) atoms. The van der Waals surface area contributed by atoms with Crippen LogP contribution in [0.2, 0.25) is 0 Å². The first kappa shape index (κ1) is 11.3. The van der Waals surface area contributed by atoms with Gasteiger partial charge in [-0.15, -0.1) is 11.8 Å². The lowest BCUT2D eigenvalue weighted by Gasteiger charge is -2.11. The number of nitrogens with two attached hydrogens (primary N) is 1. The van der Waals surface area contributed by atoms with Gasteiger partial charge in [-0.2, -0.15) is 0 Å². The summed E-state index contributed by atoms with van der Waals surface area (Å²) in [5, 5.41) is 0.983. The van der Waals surface area contributed by atoms with Crippen molar-refractivity contribution < 1.29 is 0 Å². The fraction of sp³-hybridized carbons (Fsp3) is 0.556. The van der Waals surface area contributed by atoms with Gasteiger partial charge >= 0.3 is 0 Å². The van der Waals surface area contributed by atoms with Gasteiger partial charge in [-0.25, -0.2) is 15.8 Å². The number of rotatable bonds is 3. The number of hydrogen-bond acceptors (Lipinski definition) is 5. The van der Waals surface area contributed by atoms with E-state index in [9.17, 15) is 0 Å². The number of hydrogen-bond donors (Lipinski definition) is 2. The zero-order chi connectivity index (χ0) is 10.7. The van der Waals surface area contributed by atoms with Gasteiger partial charge in [-0.3, -0.25) is 0 Å². The van der Waals surface area contributed by atoms with Gasteiger partial charge in [0.05, 0.1) is 0 Å². The summed E-state index contributed by atoms with van der Waals surface area (Å²) < 4.78 is 0. The summed E-state index contributed by atoms with van der Waals surface area (Å²) in [4.78, 5) is 8.79. The molecule has 3 N–H and O–H groups in total. The summed E-state index contributed by atoms with van der Waals surface area (Å²) in [5.41, 5.74) is 3.60. The van der Waals surface area contributed by atoms with Crippen LogP contribution in [0.5, 0.6) is 0 Å². The van der Waals surface area contributed by atoms with Crippen LogP contribution in [0.25, 0.3) is 0 Å². The Morgan fingerprint density at radius 1 is 1.36 bits per heavy atom. The van der Waals surface area contributed by atoms with E-state index in [1.54, 1.807) is 11.8 Å². The zero-order valence-corrected chi connectivity index (χ0v) is 9.77. The van der Waals surface area contributed by atoms with Gasteiger partial charge in [0.2, 0.25) is 0 Å². The number of aromatic nitrogens is 2. The number of nitrogens with one attached hydrogen (secondary N) is 1. The normalized spacial score (nSPS) is 10.7. The molecule has 78 valence electrons. The molecule has 0 atom stereocenters. The van der Waals surface area contributed by atoms with Crippen molar-refractivity contribution in [2.75, 3.05) is 11.7 Å². The molecule has 0 saturated carbocycles. The third-order valence-electron chi connectivity index (χ3n) is 1.96. The molecule has 0 amide bonds. The molecular weight excluding hydrogens is 196 g/mol. The van der Waals surface area contributed by atoms with Crippen molar-refractivity contribution in [2.24, 2.45) is 5.84 Å². The molecule has 0 aromatic carbocycles. The first-order valence-corrected chi connectivity index (χ1v) is 5.71. The van der Waals surface area contributed by atoms with E-state index in [1.807, 2.05) is 13.2 Å². The Labute approximate surface area is 88.7 Å². The lowest BCUT2D eigenvalue weighted by molar-refractivity contribution is 0.749. The summed E-state index contributed by atoms with van der Waals surface area (Å²) in [6.45, 7) is 6.09. The van der Waals surface area contributed by atoms with Crippen molar-refractivity contribution in [2.45, 2.75) is 31.7 Å². The Bertz CT molecular complexity index is 300. The molecule has 0 aliphatic carbocycles. The zero-order valence-electron chi connectivity index (χ0n) is 8.96. The van der Waals surface area contributed by atoms with Gasteiger partial charge in [0.1, 0.15) is 16.7 Å². The van der Waals surface area contributed by atoms with Crippen molar-refractivity contribution in [1.29, 1.82) is 0 Å². The molecule has 0 aliphatic rings. The summed E-state index contributed by atoms with van der Waals surface area (Å²) >= 11 is 1.61. The molecular formula is C9H16N4S. The van der Waals surface area contributed by atoms with Gasteiger partial charge in [-0.1, -0.05) is 13.8 Å². The molecule has 0 aliphatic heterocycles. The van der Waals surface area contributed by atoms with Crippen LogP contribution in [-0.4, -0.2) is 16.2 Å². The standard InChI is InChI=1S/C9H16N4S/c1-5(2)7-11-8(13-10)6(3)9(12-7)14-4/h5H,10H2,1-4H3,(H,11,12,13). The monoisotopic (exact) mass is 212 g/mol. The number of nitrogens with zero attached hydrogens (tertiary/aromatic N) is 2. The van der Waals surface area contributed by atoms with Crippen molar-refractivity contribution in [1.82, 2.24) is 9.97 Å². The number of anilines is 1. The van der Waals surface area contributed by atoms with Crippen molar-refractivity contribution in [3.05, 3.63) is 11.4 Å². The lowest BCUT2D eigenvalue weighted by atomic mass is 10.2. The van der Waals surface area contributed by atoms with Crippen LogP contribution in [0.1, 0.15) is 31.2 Å². The highest BCUT2D eigenvalue weighted by molar-refractivity contribution is 7.98. The quantitative estimate of drug-likeness (QED) is 0.347. The predicted molar refractivity (Wildman–Crippen MR) is 60.4 cm³/mol. The van der Waals surface area contributed by atoms with Crippen LogP contribution in [0.3, 0.4) is 0 Å². The maximum atomic E-state index is 5.39. The summed E-state index contributed by atoms with van der Waals surface area (Å²) in [5.74, 6) is 7.25. The highest BCUT2D eigenvalue weighted by atomic mass is 32.2. The van der Waals surface area contributed by atoms with Crippen molar-refractivity contribution >= 4 is 17.6 Å². The third-order valence-corrected chi connectivity index (χ3v) is 2.75. The molecule has 0 spiro atoms. The lowest BCUT2D eigenvalue weighted by Crippen LogP contribution is -2.13. The average Bonchev–Trinajstić information content (AvgIpc) is 2.17. The first-order valence-electron chi connectivity index (χ1n) is 4.49. The van der Waals surface area contributed by atoms with Crippen molar-refractivity contribution in [3.63, 3.8) is 0 Å². The number of hydrazine groups is 1. The van der Waals surface area contributed by atoms with Gasteiger partial charge in [0.15, 0.2) is 0 Å². The molecule has 0 unspecified atom stereocenters. The predicted octanol–water partition coefficient (Wildman–Crippen LogP) is 1.92. The molecule has 5 heteroatoms. The van der Waals surface area contributed by atoms with E-state index < -0.39 is 0 Å². The van der Waals surface area contributed by atoms with E-state index >= 15 is 0 Å². The molecule has 0 bridgehead atoms. The SMILES string of the molecule is CSc1nc(C(C)C)nc(NN)c1C. The number of nitrogen functional groups attached to an aromatic ring is 1. The number of thioether (sulfide) groups is 1. The van der Waals surface area contributed by atoms with Crippen molar-refractivity contribution in [3.8, 4) is 0 Å². The van der Waals surface area contributed by atoms with Crippen LogP contribution >= 0.6 is 11.8 Å². The molecule has 4 nitrogen and oxygen atoms in total. The van der Waals surface area contributed by atoms with Gasteiger partial charge in [0, 0.05) is 11.5 Å². The van der Waals surface area contributed by atoms with Crippen LogP contribution in [-0.2, 0) is 0 Å². The average molecular weight is 212 g/mol. The molecule has 0 radical (unpaired) electrons. The fourth-order valence-electron chi connectivity index (χ4n) is 1.11. The van der Waals surface area contributed by atoms with Gasteiger partial charge < -0.3 is 5.43 Å². The molecule has 1 aromatic rings. The van der Waals surface area contributed by atoms with E-state index in [4.69, 9.17) is 5.84 Å². The largest absolute Gasteiger partial charge is 0.308 e. The van der Waals surface area contributed by atoms with E-state index in [0.717, 1.165) is 16.4 Å². The fourth-order valence-corrected chi connectivity index (χ4v) is 1.70. The minimum absolute atomic E-state index is 0.314. The third kappa shape index (κ3) is 2.16. The van der Waals surface area contributed by atoms with Gasteiger partial charge in [0.25, 0.3) is 0 Å². The van der Waals surface area contributed by atoms with Crippen LogP contribution in [0.4, 0.5) is 5.82 Å². The topological polar surface area (TPSA) is 63.8 Å². The Hall–Kier alpha value is -0.810. The summed E-state index contributed by atoms with van der Waals surface area (Å²) in [6.07, 6.45) is 2.00. The molecule has 0 saturated heterocycles. The van der Waals surface area contributed by atoms with Crippen LogP contribution < -0.4 is 11.3 Å². The summed E-state index contributed by atoms with van der Waals surface area (Å²) in [6, 6.07) is 0. The Balaban J connectivity index is 3.25. The molecule has 1 heterocycles. The molecule has 1 rings (SSSR count). The molecule has 1 aromatic heterocycles. The highest BCUT2D eigenvalue weighted by Crippen LogP contribution is 2.24. The van der Waals surface area contributed by atoms with E-state index in [1.165, 1.54) is 0 Å². The van der Waals surface area contributed by atoms with E-state index in [2.05, 4.69) is 29.2 Å². The minimum Gasteiger partial charge on any atom is -0.308 e. The second-order valence-electron chi connectivity index (χ2n) is 3.36. The molecule has 0 fully saturated rings. The highest BCUT2D eigenvalue weighted by Gasteiger charge is 2.11. The second kappa shape index (κ2) is 4.61. The second-order valence-corrected chi connectivity index (χ2v) is 4.16.